The van der Waals surface area contributed by atoms with E-state index in [2.05, 4.69) is 33.1 Å². The Labute approximate surface area is 182 Å². The van der Waals surface area contributed by atoms with Gasteiger partial charge in [-0.3, -0.25) is 9.59 Å². The molecular weight excluding hydrogens is 483 g/mol. The highest BCUT2D eigenvalue weighted by Gasteiger charge is 2.14. The van der Waals surface area contributed by atoms with E-state index < -0.39 is 5.97 Å². The summed E-state index contributed by atoms with van der Waals surface area (Å²) in [4.78, 5) is 23.9. The fraction of sp³-hybridized carbons (Fsp3) is 0.136. The SMILES string of the molecule is CCOc1cc(/C=N\NC(=O)c2cccc3ccccc23)cc(I)c1OC(C)=O. The van der Waals surface area contributed by atoms with Crippen molar-refractivity contribution in [2.75, 3.05) is 6.61 Å². The normalized spacial score (nSPS) is 10.9. The summed E-state index contributed by atoms with van der Waals surface area (Å²) in [5, 5.41) is 5.92. The highest BCUT2D eigenvalue weighted by molar-refractivity contribution is 14.1. The van der Waals surface area contributed by atoms with E-state index in [1.165, 1.54) is 13.1 Å². The molecule has 7 heteroatoms. The van der Waals surface area contributed by atoms with Gasteiger partial charge in [0.1, 0.15) is 0 Å². The Balaban J connectivity index is 1.80. The summed E-state index contributed by atoms with van der Waals surface area (Å²) in [5.74, 6) is 0.0928. The van der Waals surface area contributed by atoms with Crippen LogP contribution >= 0.6 is 22.6 Å². The van der Waals surface area contributed by atoms with E-state index in [1.54, 1.807) is 18.2 Å². The van der Waals surface area contributed by atoms with Crippen LogP contribution in [-0.4, -0.2) is 24.7 Å². The average Bonchev–Trinajstić information content (AvgIpc) is 2.70. The molecule has 0 heterocycles. The monoisotopic (exact) mass is 502 g/mol. The lowest BCUT2D eigenvalue weighted by molar-refractivity contribution is -0.132. The molecule has 0 fully saturated rings. The largest absolute Gasteiger partial charge is 0.490 e. The number of fused-ring (bicyclic) bond motifs is 1. The molecule has 0 atom stereocenters. The molecule has 3 rings (SSSR count). The van der Waals surface area contributed by atoms with E-state index in [9.17, 15) is 9.59 Å². The minimum Gasteiger partial charge on any atom is -0.490 e. The van der Waals surface area contributed by atoms with Crippen LogP contribution in [0.15, 0.2) is 59.7 Å². The van der Waals surface area contributed by atoms with Gasteiger partial charge in [0.15, 0.2) is 11.5 Å². The number of hydrogen-bond donors (Lipinski definition) is 1. The number of carbonyl (C=O) groups is 2. The molecule has 0 unspecified atom stereocenters. The number of nitrogens with zero attached hydrogens (tertiary/aromatic N) is 1. The molecule has 29 heavy (non-hydrogen) atoms. The minimum atomic E-state index is -0.423. The fourth-order valence-corrected chi connectivity index (χ4v) is 3.55. The maximum absolute atomic E-state index is 12.6. The summed E-state index contributed by atoms with van der Waals surface area (Å²) < 4.78 is 11.5. The lowest BCUT2D eigenvalue weighted by Gasteiger charge is -2.12. The topological polar surface area (TPSA) is 77.0 Å². The molecule has 0 bridgehead atoms. The number of hydrazone groups is 1. The lowest BCUT2D eigenvalue weighted by Crippen LogP contribution is -2.18. The van der Waals surface area contributed by atoms with E-state index in [0.29, 0.717) is 32.8 Å². The summed E-state index contributed by atoms with van der Waals surface area (Å²) in [6.07, 6.45) is 1.52. The fourth-order valence-electron chi connectivity index (χ4n) is 2.82. The number of amides is 1. The summed E-state index contributed by atoms with van der Waals surface area (Å²) in [6, 6.07) is 16.7. The molecule has 0 aliphatic carbocycles. The smallest absolute Gasteiger partial charge is 0.308 e. The van der Waals surface area contributed by atoms with Crippen molar-refractivity contribution in [2.24, 2.45) is 5.10 Å². The van der Waals surface area contributed by atoms with Crippen LogP contribution in [-0.2, 0) is 4.79 Å². The van der Waals surface area contributed by atoms with Gasteiger partial charge in [0, 0.05) is 12.5 Å². The number of halogens is 1. The van der Waals surface area contributed by atoms with E-state index in [1.807, 2.05) is 43.3 Å². The van der Waals surface area contributed by atoms with Gasteiger partial charge < -0.3 is 9.47 Å². The van der Waals surface area contributed by atoms with Crippen LogP contribution in [0.3, 0.4) is 0 Å². The van der Waals surface area contributed by atoms with Crippen molar-refractivity contribution in [2.45, 2.75) is 13.8 Å². The molecule has 0 aliphatic heterocycles. The molecule has 0 aliphatic rings. The Kier molecular flexibility index (Phi) is 6.82. The second-order valence-corrected chi connectivity index (χ2v) is 7.24. The zero-order valence-corrected chi connectivity index (χ0v) is 18.1. The van der Waals surface area contributed by atoms with Crippen LogP contribution in [0.1, 0.15) is 29.8 Å². The number of rotatable bonds is 6. The van der Waals surface area contributed by atoms with E-state index in [-0.39, 0.29) is 5.91 Å². The van der Waals surface area contributed by atoms with Crippen molar-refractivity contribution in [3.8, 4) is 11.5 Å². The lowest BCUT2D eigenvalue weighted by atomic mass is 10.0. The predicted octanol–water partition coefficient (Wildman–Crippen LogP) is 4.53. The Morgan fingerprint density at radius 1 is 1.14 bits per heavy atom. The number of benzene rings is 3. The van der Waals surface area contributed by atoms with Crippen LogP contribution in [0.2, 0.25) is 0 Å². The van der Waals surface area contributed by atoms with E-state index in [4.69, 9.17) is 9.47 Å². The van der Waals surface area contributed by atoms with E-state index in [0.717, 1.165) is 10.8 Å². The molecule has 148 valence electrons. The van der Waals surface area contributed by atoms with Crippen LogP contribution in [0, 0.1) is 3.57 Å². The third kappa shape index (κ3) is 5.11. The van der Waals surface area contributed by atoms with Gasteiger partial charge in [0.2, 0.25) is 0 Å². The second kappa shape index (κ2) is 9.51. The molecule has 3 aromatic rings. The second-order valence-electron chi connectivity index (χ2n) is 6.08. The average molecular weight is 502 g/mol. The van der Waals surface area contributed by atoms with Gasteiger partial charge >= 0.3 is 5.97 Å². The zero-order valence-electron chi connectivity index (χ0n) is 15.9. The van der Waals surface area contributed by atoms with Gasteiger partial charge in [-0.25, -0.2) is 5.43 Å². The highest BCUT2D eigenvalue weighted by atomic mass is 127. The molecule has 1 amide bonds. The molecule has 6 nitrogen and oxygen atoms in total. The first-order valence-electron chi connectivity index (χ1n) is 8.95. The predicted molar refractivity (Wildman–Crippen MR) is 121 cm³/mol. The molecule has 0 aromatic heterocycles. The Hall–Kier alpha value is -2.94. The maximum atomic E-state index is 12.6. The summed E-state index contributed by atoms with van der Waals surface area (Å²) in [7, 11) is 0. The van der Waals surface area contributed by atoms with Crippen molar-refractivity contribution in [1.29, 1.82) is 0 Å². The first-order chi connectivity index (χ1) is 14.0. The van der Waals surface area contributed by atoms with Gasteiger partial charge in [-0.05, 0) is 64.0 Å². The van der Waals surface area contributed by atoms with Crippen molar-refractivity contribution in [3.63, 3.8) is 0 Å². The molecular formula is C22H19IN2O4. The quantitative estimate of drug-likeness (QED) is 0.177. The molecule has 0 spiro atoms. The highest BCUT2D eigenvalue weighted by Crippen LogP contribution is 2.34. The minimum absolute atomic E-state index is 0.297. The molecule has 0 saturated carbocycles. The first kappa shape index (κ1) is 20.8. The summed E-state index contributed by atoms with van der Waals surface area (Å²) in [6.45, 7) is 3.60. The van der Waals surface area contributed by atoms with Crippen LogP contribution in [0.5, 0.6) is 11.5 Å². The summed E-state index contributed by atoms with van der Waals surface area (Å²) >= 11 is 2.06. The maximum Gasteiger partial charge on any atom is 0.308 e. The first-order valence-corrected chi connectivity index (χ1v) is 10.0. The number of carbonyl (C=O) groups excluding carboxylic acids is 2. The van der Waals surface area contributed by atoms with Crippen LogP contribution in [0.4, 0.5) is 0 Å². The van der Waals surface area contributed by atoms with Crippen LogP contribution in [0.25, 0.3) is 10.8 Å². The number of hydrogen-bond acceptors (Lipinski definition) is 5. The van der Waals surface area contributed by atoms with Gasteiger partial charge in [-0.1, -0.05) is 36.4 Å². The van der Waals surface area contributed by atoms with Gasteiger partial charge in [-0.15, -0.1) is 0 Å². The van der Waals surface area contributed by atoms with E-state index >= 15 is 0 Å². The van der Waals surface area contributed by atoms with Crippen molar-refractivity contribution in [1.82, 2.24) is 5.43 Å². The standard InChI is InChI=1S/C22H19IN2O4/c1-3-28-20-12-15(11-19(23)21(20)29-14(2)26)13-24-25-22(27)18-10-6-8-16-7-4-5-9-17(16)18/h4-13H,3H2,1-2H3,(H,25,27)/b24-13-. The Bertz CT molecular complexity index is 1090. The third-order valence-electron chi connectivity index (χ3n) is 3.99. The van der Waals surface area contributed by atoms with Gasteiger partial charge in [0.05, 0.1) is 16.4 Å². The van der Waals surface area contributed by atoms with Crippen molar-refractivity contribution in [3.05, 3.63) is 69.3 Å². The van der Waals surface area contributed by atoms with Gasteiger partial charge in [-0.2, -0.15) is 5.10 Å². The number of nitrogens with one attached hydrogen (secondary N) is 1. The number of esters is 1. The Morgan fingerprint density at radius 3 is 2.66 bits per heavy atom. The van der Waals surface area contributed by atoms with Gasteiger partial charge in [0.25, 0.3) is 5.91 Å². The molecule has 3 aromatic carbocycles. The zero-order chi connectivity index (χ0) is 20.8. The Morgan fingerprint density at radius 2 is 1.90 bits per heavy atom. The van der Waals surface area contributed by atoms with Crippen molar-refractivity contribution >= 4 is 51.5 Å². The number of ether oxygens (including phenoxy) is 2. The summed E-state index contributed by atoms with van der Waals surface area (Å²) in [5.41, 5.74) is 3.81. The molecule has 0 saturated heterocycles. The molecule has 0 radical (unpaired) electrons. The molecule has 1 N–H and O–H groups in total. The van der Waals surface area contributed by atoms with Crippen LogP contribution < -0.4 is 14.9 Å². The third-order valence-corrected chi connectivity index (χ3v) is 4.79. The van der Waals surface area contributed by atoms with Crippen molar-refractivity contribution < 1.29 is 19.1 Å².